The van der Waals surface area contributed by atoms with Crippen LogP contribution in [0.3, 0.4) is 0 Å². The molecule has 0 bridgehead atoms. The molecule has 1 heterocycles. The summed E-state index contributed by atoms with van der Waals surface area (Å²) >= 11 is 0.952. The third kappa shape index (κ3) is 6.02. The van der Waals surface area contributed by atoms with Gasteiger partial charge in [0.2, 0.25) is 25.2 Å². The maximum absolute atomic E-state index is 12.4. The summed E-state index contributed by atoms with van der Waals surface area (Å²) in [6.07, 6.45) is 9.17. The molecule has 1 saturated carbocycles. The summed E-state index contributed by atoms with van der Waals surface area (Å²) in [7, 11) is -3.38. The number of rotatable bonds is 9. The average Bonchev–Trinajstić information content (AvgIpc) is 3.08. The van der Waals surface area contributed by atoms with Crippen molar-refractivity contribution < 1.29 is 13.2 Å². The lowest BCUT2D eigenvalue weighted by Gasteiger charge is -2.27. The van der Waals surface area contributed by atoms with E-state index < -0.39 is 9.84 Å². The molecule has 0 radical (unpaired) electrons. The standard InChI is InChI=1S/C17H29N3O3S2/c1-3-5-7-13-8-10-14(11-9-13)15(21)18-16-19-20-17(24-16)25(22,23)12-6-4-2/h13-14H,3-12H2,1-2H3,(H,18,19,21). The van der Waals surface area contributed by atoms with Gasteiger partial charge in [0.05, 0.1) is 5.75 Å². The van der Waals surface area contributed by atoms with Crippen LogP contribution in [0.15, 0.2) is 4.34 Å². The first-order valence-electron chi connectivity index (χ1n) is 9.33. The number of hydrogen-bond donors (Lipinski definition) is 1. The highest BCUT2D eigenvalue weighted by Crippen LogP contribution is 2.33. The summed E-state index contributed by atoms with van der Waals surface area (Å²) in [4.78, 5) is 12.4. The highest BCUT2D eigenvalue weighted by molar-refractivity contribution is 7.93. The van der Waals surface area contributed by atoms with E-state index in [2.05, 4.69) is 22.4 Å². The van der Waals surface area contributed by atoms with Crippen LogP contribution in [0.1, 0.15) is 71.6 Å². The Kier molecular flexibility index (Phi) is 7.81. The molecule has 0 unspecified atom stereocenters. The molecule has 2 rings (SSSR count). The quantitative estimate of drug-likeness (QED) is 0.646. The summed E-state index contributed by atoms with van der Waals surface area (Å²) in [6.45, 7) is 4.15. The van der Waals surface area contributed by atoms with Crippen molar-refractivity contribution in [1.82, 2.24) is 10.2 Å². The van der Waals surface area contributed by atoms with Crippen molar-refractivity contribution in [2.45, 2.75) is 76.0 Å². The van der Waals surface area contributed by atoms with E-state index in [0.29, 0.717) is 6.42 Å². The van der Waals surface area contributed by atoms with Gasteiger partial charge < -0.3 is 5.32 Å². The van der Waals surface area contributed by atoms with Gasteiger partial charge in [-0.1, -0.05) is 50.9 Å². The molecule has 1 aliphatic carbocycles. The molecule has 1 aromatic heterocycles. The van der Waals surface area contributed by atoms with Gasteiger partial charge in [0.25, 0.3) is 0 Å². The van der Waals surface area contributed by atoms with Gasteiger partial charge in [0.1, 0.15) is 0 Å². The van der Waals surface area contributed by atoms with Crippen molar-refractivity contribution in [2.75, 3.05) is 11.1 Å². The van der Waals surface area contributed by atoms with E-state index in [1.807, 2.05) is 6.92 Å². The van der Waals surface area contributed by atoms with Gasteiger partial charge in [-0.05, 0) is 38.0 Å². The van der Waals surface area contributed by atoms with Crippen LogP contribution in [0, 0.1) is 11.8 Å². The molecule has 0 aromatic carbocycles. The second kappa shape index (κ2) is 9.62. The summed E-state index contributed by atoms with van der Waals surface area (Å²) in [5.41, 5.74) is 0. The fourth-order valence-corrected chi connectivity index (χ4v) is 5.70. The van der Waals surface area contributed by atoms with Gasteiger partial charge in [0.15, 0.2) is 0 Å². The van der Waals surface area contributed by atoms with Crippen LogP contribution in [0.4, 0.5) is 5.13 Å². The minimum Gasteiger partial charge on any atom is -0.300 e. The van der Waals surface area contributed by atoms with Crippen LogP contribution in [0.25, 0.3) is 0 Å². The molecule has 1 amide bonds. The number of aromatic nitrogens is 2. The highest BCUT2D eigenvalue weighted by atomic mass is 32.2. The van der Waals surface area contributed by atoms with Crippen LogP contribution < -0.4 is 5.32 Å². The summed E-state index contributed by atoms with van der Waals surface area (Å²) < 4.78 is 24.2. The molecule has 142 valence electrons. The van der Waals surface area contributed by atoms with Crippen LogP contribution in [0.2, 0.25) is 0 Å². The van der Waals surface area contributed by atoms with Gasteiger partial charge in [-0.15, -0.1) is 10.2 Å². The molecular weight excluding hydrogens is 358 g/mol. The third-order valence-corrected chi connectivity index (χ3v) is 7.94. The molecule has 0 aliphatic heterocycles. The van der Waals surface area contributed by atoms with Gasteiger partial charge in [-0.3, -0.25) is 4.79 Å². The van der Waals surface area contributed by atoms with E-state index in [1.165, 1.54) is 19.3 Å². The van der Waals surface area contributed by atoms with Crippen molar-refractivity contribution >= 4 is 32.2 Å². The summed E-state index contributed by atoms with van der Waals surface area (Å²) in [5.74, 6) is 0.777. The molecule has 6 nitrogen and oxygen atoms in total. The van der Waals surface area contributed by atoms with Crippen LogP contribution in [0.5, 0.6) is 0 Å². The zero-order valence-corrected chi connectivity index (χ0v) is 16.8. The van der Waals surface area contributed by atoms with Crippen LogP contribution in [-0.4, -0.2) is 30.3 Å². The van der Waals surface area contributed by atoms with Gasteiger partial charge in [-0.2, -0.15) is 0 Å². The SMILES string of the molecule is CCCCC1CCC(C(=O)Nc2nnc(S(=O)(=O)CCCC)s2)CC1. The van der Waals surface area contributed by atoms with E-state index in [1.54, 1.807) is 0 Å². The van der Waals surface area contributed by atoms with Crippen molar-refractivity contribution in [3.63, 3.8) is 0 Å². The second-order valence-corrected chi connectivity index (χ2v) is 10.2. The van der Waals surface area contributed by atoms with E-state index in [0.717, 1.165) is 49.4 Å². The third-order valence-electron chi connectivity index (χ3n) is 4.85. The number of nitrogens with zero attached hydrogens (tertiary/aromatic N) is 2. The molecule has 1 aromatic rings. The maximum Gasteiger partial charge on any atom is 0.234 e. The van der Waals surface area contributed by atoms with E-state index in [9.17, 15) is 13.2 Å². The van der Waals surface area contributed by atoms with Gasteiger partial charge in [-0.25, -0.2) is 8.42 Å². The minimum absolute atomic E-state index is 0.000441. The molecule has 0 saturated heterocycles. The Hall–Kier alpha value is -1.02. The second-order valence-electron chi connectivity index (χ2n) is 6.89. The Balaban J connectivity index is 1.86. The Morgan fingerprint density at radius 3 is 2.44 bits per heavy atom. The largest absolute Gasteiger partial charge is 0.300 e. The Morgan fingerprint density at radius 2 is 1.80 bits per heavy atom. The van der Waals surface area contributed by atoms with E-state index in [-0.39, 0.29) is 27.0 Å². The fourth-order valence-electron chi connectivity index (χ4n) is 3.22. The molecule has 1 N–H and O–H groups in total. The lowest BCUT2D eigenvalue weighted by Crippen LogP contribution is -2.27. The first-order chi connectivity index (χ1) is 12.0. The monoisotopic (exact) mass is 387 g/mol. The maximum atomic E-state index is 12.4. The molecule has 25 heavy (non-hydrogen) atoms. The van der Waals surface area contributed by atoms with Crippen molar-refractivity contribution in [3.05, 3.63) is 0 Å². The zero-order valence-electron chi connectivity index (χ0n) is 15.2. The number of anilines is 1. The molecule has 8 heteroatoms. The molecule has 0 spiro atoms. The topological polar surface area (TPSA) is 89.0 Å². The summed E-state index contributed by atoms with van der Waals surface area (Å²) in [6, 6.07) is 0. The molecule has 0 atom stereocenters. The number of nitrogens with one attached hydrogen (secondary N) is 1. The molecule has 1 fully saturated rings. The first kappa shape index (κ1) is 20.3. The molecule has 1 aliphatic rings. The van der Waals surface area contributed by atoms with Crippen LogP contribution >= 0.6 is 11.3 Å². The average molecular weight is 388 g/mol. The van der Waals surface area contributed by atoms with Gasteiger partial charge >= 0.3 is 0 Å². The number of carbonyl (C=O) groups excluding carboxylic acids is 1. The smallest absolute Gasteiger partial charge is 0.234 e. The molecular formula is C17H29N3O3S2. The number of unbranched alkanes of at least 4 members (excludes halogenated alkanes) is 2. The Morgan fingerprint density at radius 1 is 1.12 bits per heavy atom. The van der Waals surface area contributed by atoms with Crippen LogP contribution in [-0.2, 0) is 14.6 Å². The lowest BCUT2D eigenvalue weighted by atomic mass is 9.79. The first-order valence-corrected chi connectivity index (χ1v) is 11.8. The highest BCUT2D eigenvalue weighted by Gasteiger charge is 2.27. The normalized spacial score (nSPS) is 21.2. The van der Waals surface area contributed by atoms with E-state index in [4.69, 9.17) is 0 Å². The number of hydrogen-bond acceptors (Lipinski definition) is 6. The lowest BCUT2D eigenvalue weighted by molar-refractivity contribution is -0.121. The van der Waals surface area contributed by atoms with Crippen molar-refractivity contribution in [1.29, 1.82) is 0 Å². The number of sulfone groups is 1. The van der Waals surface area contributed by atoms with E-state index >= 15 is 0 Å². The Bertz CT molecular complexity index is 650. The predicted molar refractivity (Wildman–Crippen MR) is 100 cm³/mol. The van der Waals surface area contributed by atoms with Crippen molar-refractivity contribution in [2.24, 2.45) is 11.8 Å². The van der Waals surface area contributed by atoms with Crippen molar-refractivity contribution in [3.8, 4) is 0 Å². The summed E-state index contributed by atoms with van der Waals surface area (Å²) in [5, 5.41) is 10.6. The number of carbonyl (C=O) groups is 1. The predicted octanol–water partition coefficient (Wildman–Crippen LogP) is 4.05. The fraction of sp³-hybridized carbons (Fsp3) is 0.824. The number of amides is 1. The van der Waals surface area contributed by atoms with Gasteiger partial charge in [0, 0.05) is 5.92 Å². The minimum atomic E-state index is -3.38. The zero-order chi connectivity index (χ0) is 18.3. The Labute approximate surface area is 154 Å².